The molecule has 0 aromatic heterocycles. The molecule has 1 rings (SSSR count). The summed E-state index contributed by atoms with van der Waals surface area (Å²) in [6.07, 6.45) is 3.45. The zero-order valence-corrected chi connectivity index (χ0v) is 13.2. The normalized spacial score (nSPS) is 22.1. The third-order valence-electron chi connectivity index (χ3n) is 4.49. The largest absolute Gasteiger partial charge is 0.385 e. The van der Waals surface area contributed by atoms with Gasteiger partial charge in [-0.1, -0.05) is 13.8 Å². The molecule has 0 radical (unpaired) electrons. The lowest BCUT2D eigenvalue weighted by Gasteiger charge is -2.48. The third kappa shape index (κ3) is 4.71. The van der Waals surface area contributed by atoms with Crippen molar-refractivity contribution in [2.75, 3.05) is 46.6 Å². The zero-order valence-electron chi connectivity index (χ0n) is 13.2. The molecule has 0 spiro atoms. The third-order valence-corrected chi connectivity index (χ3v) is 4.49. The smallest absolute Gasteiger partial charge is 0.0594 e. The summed E-state index contributed by atoms with van der Waals surface area (Å²) >= 11 is 0. The van der Waals surface area contributed by atoms with E-state index in [1.807, 2.05) is 0 Å². The van der Waals surface area contributed by atoms with Crippen molar-refractivity contribution in [1.29, 1.82) is 0 Å². The molecule has 0 saturated carbocycles. The second-order valence-corrected chi connectivity index (χ2v) is 5.56. The second kappa shape index (κ2) is 8.90. The summed E-state index contributed by atoms with van der Waals surface area (Å²) in [5.74, 6) is 0. The van der Waals surface area contributed by atoms with Crippen molar-refractivity contribution in [3.05, 3.63) is 0 Å². The summed E-state index contributed by atoms with van der Waals surface area (Å²) < 4.78 is 10.7. The predicted molar refractivity (Wildman–Crippen MR) is 79.7 cm³/mol. The summed E-state index contributed by atoms with van der Waals surface area (Å²) in [4.78, 5) is 2.61. The van der Waals surface area contributed by atoms with Gasteiger partial charge in [0.1, 0.15) is 0 Å². The first-order valence-corrected chi connectivity index (χ1v) is 7.74. The van der Waals surface area contributed by atoms with Crippen molar-refractivity contribution in [1.82, 2.24) is 10.2 Å². The number of methoxy groups -OCH3 is 1. The average molecular weight is 272 g/mol. The van der Waals surface area contributed by atoms with Crippen molar-refractivity contribution < 1.29 is 9.47 Å². The molecule has 0 aromatic carbocycles. The molecule has 114 valence electrons. The molecule has 1 N–H and O–H groups in total. The molecule has 0 aromatic rings. The number of hydrogen-bond acceptors (Lipinski definition) is 4. The number of nitrogens with one attached hydrogen (secondary N) is 1. The summed E-state index contributed by atoms with van der Waals surface area (Å²) in [7, 11) is 1.78. The van der Waals surface area contributed by atoms with Gasteiger partial charge in [0.15, 0.2) is 0 Å². The van der Waals surface area contributed by atoms with Crippen LogP contribution in [0, 0.1) is 0 Å². The molecule has 2 atom stereocenters. The van der Waals surface area contributed by atoms with E-state index in [2.05, 4.69) is 31.0 Å². The van der Waals surface area contributed by atoms with Gasteiger partial charge < -0.3 is 14.8 Å². The van der Waals surface area contributed by atoms with Gasteiger partial charge in [0, 0.05) is 38.4 Å². The van der Waals surface area contributed by atoms with Crippen LogP contribution in [0.2, 0.25) is 0 Å². The fourth-order valence-electron chi connectivity index (χ4n) is 3.08. The van der Waals surface area contributed by atoms with Gasteiger partial charge in [0.05, 0.1) is 13.2 Å². The van der Waals surface area contributed by atoms with Crippen LogP contribution in [0.4, 0.5) is 0 Å². The van der Waals surface area contributed by atoms with Crippen LogP contribution < -0.4 is 5.32 Å². The van der Waals surface area contributed by atoms with Crippen LogP contribution in [0.5, 0.6) is 0 Å². The molecule has 1 saturated heterocycles. The highest BCUT2D eigenvalue weighted by molar-refractivity contribution is 4.96. The minimum Gasteiger partial charge on any atom is -0.385 e. The first-order chi connectivity index (χ1) is 9.19. The van der Waals surface area contributed by atoms with E-state index in [0.29, 0.717) is 6.04 Å². The minimum atomic E-state index is 0.216. The van der Waals surface area contributed by atoms with Crippen LogP contribution >= 0.6 is 0 Å². The van der Waals surface area contributed by atoms with Gasteiger partial charge in [-0.15, -0.1) is 0 Å². The van der Waals surface area contributed by atoms with Gasteiger partial charge in [-0.25, -0.2) is 0 Å². The Kier molecular flexibility index (Phi) is 7.91. The van der Waals surface area contributed by atoms with Crippen molar-refractivity contribution in [3.63, 3.8) is 0 Å². The van der Waals surface area contributed by atoms with Crippen LogP contribution in [0.25, 0.3) is 0 Å². The van der Waals surface area contributed by atoms with Gasteiger partial charge in [0.2, 0.25) is 0 Å². The highest BCUT2D eigenvalue weighted by Crippen LogP contribution is 2.27. The van der Waals surface area contributed by atoms with Gasteiger partial charge in [-0.2, -0.15) is 0 Å². The van der Waals surface area contributed by atoms with Crippen molar-refractivity contribution >= 4 is 0 Å². The lowest BCUT2D eigenvalue weighted by atomic mass is 9.84. The zero-order chi connectivity index (χ0) is 14.1. The number of hydrogen-bond donors (Lipinski definition) is 1. The number of likely N-dealkylation sites (N-methyl/N-ethyl adjacent to an activating group) is 1. The molecule has 2 unspecified atom stereocenters. The summed E-state index contributed by atoms with van der Waals surface area (Å²) in [5.41, 5.74) is 0.216. The predicted octanol–water partition coefficient (Wildman–Crippen LogP) is 1.89. The first-order valence-electron chi connectivity index (χ1n) is 7.74. The quantitative estimate of drug-likeness (QED) is 0.650. The molecule has 4 nitrogen and oxygen atoms in total. The maximum absolute atomic E-state index is 5.50. The maximum Gasteiger partial charge on any atom is 0.0594 e. The maximum atomic E-state index is 5.50. The lowest BCUT2D eigenvalue weighted by molar-refractivity contribution is -0.0340. The molecule has 0 amide bonds. The van der Waals surface area contributed by atoms with Gasteiger partial charge in [-0.3, -0.25) is 4.90 Å². The molecule has 0 bridgehead atoms. The fraction of sp³-hybridized carbons (Fsp3) is 1.00. The highest BCUT2D eigenvalue weighted by atomic mass is 16.5. The molecule has 1 aliphatic heterocycles. The summed E-state index contributed by atoms with van der Waals surface area (Å²) in [6.45, 7) is 12.6. The van der Waals surface area contributed by atoms with E-state index in [1.165, 1.54) is 6.42 Å². The Labute approximate surface area is 118 Å². The number of ether oxygens (including phenoxy) is 2. The molecule has 0 aliphatic carbocycles. The topological polar surface area (TPSA) is 33.7 Å². The SMILES string of the molecule is CCNC(CCCOC)C(C)(CC)N1CCOCC1. The molecular weight excluding hydrogens is 240 g/mol. The summed E-state index contributed by atoms with van der Waals surface area (Å²) in [5, 5.41) is 3.69. The van der Waals surface area contributed by atoms with E-state index in [4.69, 9.17) is 9.47 Å². The summed E-state index contributed by atoms with van der Waals surface area (Å²) in [6, 6.07) is 0.524. The molecule has 4 heteroatoms. The fourth-order valence-corrected chi connectivity index (χ4v) is 3.08. The van der Waals surface area contributed by atoms with E-state index in [0.717, 1.165) is 52.3 Å². The molecule has 1 heterocycles. The number of morpholine rings is 1. The molecular formula is C15H32N2O2. The Morgan fingerprint density at radius 1 is 1.32 bits per heavy atom. The van der Waals surface area contributed by atoms with Crippen LogP contribution in [0.1, 0.15) is 40.0 Å². The Balaban J connectivity index is 2.67. The highest BCUT2D eigenvalue weighted by Gasteiger charge is 2.38. The first kappa shape index (κ1) is 16.9. The van der Waals surface area contributed by atoms with Crippen LogP contribution in [0.3, 0.4) is 0 Å². The van der Waals surface area contributed by atoms with E-state index < -0.39 is 0 Å². The molecule has 19 heavy (non-hydrogen) atoms. The average Bonchev–Trinajstić information content (AvgIpc) is 2.46. The Morgan fingerprint density at radius 3 is 2.53 bits per heavy atom. The van der Waals surface area contributed by atoms with Crippen molar-refractivity contribution in [3.8, 4) is 0 Å². The number of nitrogens with zero attached hydrogens (tertiary/aromatic N) is 1. The van der Waals surface area contributed by atoms with Crippen molar-refractivity contribution in [2.45, 2.75) is 51.6 Å². The van der Waals surface area contributed by atoms with Crippen LogP contribution in [-0.4, -0.2) is 63.0 Å². The Morgan fingerprint density at radius 2 is 2.00 bits per heavy atom. The van der Waals surface area contributed by atoms with Gasteiger partial charge in [-0.05, 0) is 32.7 Å². The Bertz CT molecular complexity index is 232. The van der Waals surface area contributed by atoms with Crippen molar-refractivity contribution in [2.24, 2.45) is 0 Å². The molecule has 1 fully saturated rings. The minimum absolute atomic E-state index is 0.216. The van der Waals surface area contributed by atoms with Gasteiger partial charge >= 0.3 is 0 Å². The molecule has 1 aliphatic rings. The van der Waals surface area contributed by atoms with E-state index >= 15 is 0 Å². The standard InChI is InChI=1S/C15H32N2O2/c1-5-15(3,17-9-12-19-13-10-17)14(16-6-2)8-7-11-18-4/h14,16H,5-13H2,1-4H3. The van der Waals surface area contributed by atoms with Crippen LogP contribution in [0.15, 0.2) is 0 Å². The second-order valence-electron chi connectivity index (χ2n) is 5.56. The van der Waals surface area contributed by atoms with Gasteiger partial charge in [0.25, 0.3) is 0 Å². The van der Waals surface area contributed by atoms with E-state index in [9.17, 15) is 0 Å². The van der Waals surface area contributed by atoms with Crippen LogP contribution in [-0.2, 0) is 9.47 Å². The Hall–Kier alpha value is -0.160. The monoisotopic (exact) mass is 272 g/mol. The van der Waals surface area contributed by atoms with E-state index in [1.54, 1.807) is 7.11 Å². The lowest BCUT2D eigenvalue weighted by Crippen LogP contribution is -2.61. The number of rotatable bonds is 9. The van der Waals surface area contributed by atoms with E-state index in [-0.39, 0.29) is 5.54 Å².